The van der Waals surface area contributed by atoms with Crippen LogP contribution in [-0.4, -0.2) is 22.4 Å². The van der Waals surface area contributed by atoms with Crippen LogP contribution in [0.3, 0.4) is 0 Å². The van der Waals surface area contributed by atoms with E-state index in [-0.39, 0.29) is 11.7 Å². The lowest BCUT2D eigenvalue weighted by Crippen LogP contribution is -2.14. The number of carbonyl (C=O) groups excluding carboxylic acids is 1. The van der Waals surface area contributed by atoms with Crippen molar-refractivity contribution in [3.05, 3.63) is 41.8 Å². The Morgan fingerprint density at radius 1 is 1.38 bits per heavy atom. The molecule has 0 aliphatic heterocycles. The van der Waals surface area contributed by atoms with Gasteiger partial charge in [-0.3, -0.25) is 4.79 Å². The summed E-state index contributed by atoms with van der Waals surface area (Å²) in [5, 5.41) is 6.26. The maximum atomic E-state index is 13.3. The summed E-state index contributed by atoms with van der Waals surface area (Å²) in [7, 11) is 0. The van der Waals surface area contributed by atoms with E-state index >= 15 is 0 Å². The number of rotatable bonds is 8. The second-order valence-electron chi connectivity index (χ2n) is 5.90. The van der Waals surface area contributed by atoms with Crippen molar-refractivity contribution in [2.75, 3.05) is 17.2 Å². The number of carbonyl (C=O) groups is 1. The monoisotopic (exact) mass is 329 g/mol. The van der Waals surface area contributed by atoms with E-state index in [4.69, 9.17) is 5.73 Å². The number of nitrogens with one attached hydrogen (secondary N) is 2. The molecule has 0 spiro atoms. The summed E-state index contributed by atoms with van der Waals surface area (Å²) in [4.78, 5) is 19.6. The summed E-state index contributed by atoms with van der Waals surface area (Å²) in [6.07, 6.45) is 5.07. The van der Waals surface area contributed by atoms with Crippen LogP contribution in [0.15, 0.2) is 30.5 Å². The molecule has 1 fully saturated rings. The third-order valence-electron chi connectivity index (χ3n) is 3.81. The molecule has 4 N–H and O–H groups in total. The van der Waals surface area contributed by atoms with Crippen molar-refractivity contribution < 1.29 is 9.18 Å². The standard InChI is InChI=1S/C17H20FN5O/c18-12-3-1-4-13(9-12)22-17-21-10-14(11-6-7-11)16(23-17)20-8-2-5-15(19)24/h1,3-4,9-11H,2,5-8H2,(H2,19,24)(H2,20,21,22,23). The SMILES string of the molecule is NC(=O)CCCNc1nc(Nc2cccc(F)c2)ncc1C1CC1. The van der Waals surface area contributed by atoms with Gasteiger partial charge in [0.2, 0.25) is 11.9 Å². The van der Waals surface area contributed by atoms with Crippen molar-refractivity contribution in [1.29, 1.82) is 0 Å². The van der Waals surface area contributed by atoms with Gasteiger partial charge in [-0.25, -0.2) is 9.37 Å². The third-order valence-corrected chi connectivity index (χ3v) is 3.81. The Morgan fingerprint density at radius 3 is 2.92 bits per heavy atom. The van der Waals surface area contributed by atoms with Crippen molar-refractivity contribution in [3.8, 4) is 0 Å². The molecule has 7 heteroatoms. The average Bonchev–Trinajstić information content (AvgIpc) is 3.36. The highest BCUT2D eigenvalue weighted by Gasteiger charge is 2.27. The first-order valence-corrected chi connectivity index (χ1v) is 8.03. The van der Waals surface area contributed by atoms with Crippen LogP contribution in [-0.2, 0) is 4.79 Å². The van der Waals surface area contributed by atoms with E-state index in [9.17, 15) is 9.18 Å². The van der Waals surface area contributed by atoms with Crippen LogP contribution >= 0.6 is 0 Å². The first-order chi connectivity index (χ1) is 11.6. The number of primary amides is 1. The third kappa shape index (κ3) is 4.41. The first-order valence-electron chi connectivity index (χ1n) is 8.03. The maximum absolute atomic E-state index is 13.3. The maximum Gasteiger partial charge on any atom is 0.229 e. The molecule has 24 heavy (non-hydrogen) atoms. The lowest BCUT2D eigenvalue weighted by Gasteiger charge is -2.12. The molecular weight excluding hydrogens is 309 g/mol. The lowest BCUT2D eigenvalue weighted by atomic mass is 10.2. The van der Waals surface area contributed by atoms with Crippen LogP contribution in [0, 0.1) is 5.82 Å². The van der Waals surface area contributed by atoms with E-state index < -0.39 is 0 Å². The number of nitrogens with two attached hydrogens (primary N) is 1. The molecule has 126 valence electrons. The molecule has 1 aliphatic carbocycles. The van der Waals surface area contributed by atoms with E-state index in [1.807, 2.05) is 6.20 Å². The molecule has 1 saturated carbocycles. The summed E-state index contributed by atoms with van der Waals surface area (Å²) in [6, 6.07) is 6.15. The number of nitrogens with zero attached hydrogens (tertiary/aromatic N) is 2. The molecular formula is C17H20FN5O. The zero-order valence-corrected chi connectivity index (χ0v) is 13.3. The predicted molar refractivity (Wildman–Crippen MR) is 90.6 cm³/mol. The van der Waals surface area contributed by atoms with Crippen LogP contribution in [0.2, 0.25) is 0 Å². The summed E-state index contributed by atoms with van der Waals surface area (Å²) in [5.74, 6) is 1.03. The first kappa shape index (κ1) is 16.2. The second kappa shape index (κ2) is 7.25. The second-order valence-corrected chi connectivity index (χ2v) is 5.90. The molecule has 2 aromatic rings. The summed E-state index contributed by atoms with van der Waals surface area (Å²) >= 11 is 0. The van der Waals surface area contributed by atoms with Gasteiger partial charge in [0.15, 0.2) is 0 Å². The van der Waals surface area contributed by atoms with E-state index in [2.05, 4.69) is 20.6 Å². The Kier molecular flexibility index (Phi) is 4.88. The Morgan fingerprint density at radius 2 is 2.21 bits per heavy atom. The molecule has 3 rings (SSSR count). The van der Waals surface area contributed by atoms with E-state index in [1.54, 1.807) is 12.1 Å². The van der Waals surface area contributed by atoms with Gasteiger partial charge in [-0.05, 0) is 43.4 Å². The Balaban J connectivity index is 1.71. The number of hydrogen-bond acceptors (Lipinski definition) is 5. The van der Waals surface area contributed by atoms with Gasteiger partial charge in [-0.1, -0.05) is 6.07 Å². The molecule has 0 atom stereocenters. The van der Waals surface area contributed by atoms with Gasteiger partial charge in [-0.2, -0.15) is 4.98 Å². The summed E-state index contributed by atoms with van der Waals surface area (Å²) in [6.45, 7) is 0.610. The van der Waals surface area contributed by atoms with Crippen molar-refractivity contribution >= 4 is 23.4 Å². The van der Waals surface area contributed by atoms with Gasteiger partial charge >= 0.3 is 0 Å². The molecule has 6 nitrogen and oxygen atoms in total. The fourth-order valence-corrected chi connectivity index (χ4v) is 2.45. The normalized spacial score (nSPS) is 13.5. The minimum Gasteiger partial charge on any atom is -0.370 e. The highest BCUT2D eigenvalue weighted by Crippen LogP contribution is 2.42. The lowest BCUT2D eigenvalue weighted by molar-refractivity contribution is -0.118. The molecule has 0 saturated heterocycles. The summed E-state index contributed by atoms with van der Waals surface area (Å²) in [5.41, 5.74) is 6.82. The van der Waals surface area contributed by atoms with Gasteiger partial charge in [0.05, 0.1) is 0 Å². The van der Waals surface area contributed by atoms with Crippen molar-refractivity contribution in [3.63, 3.8) is 0 Å². The van der Waals surface area contributed by atoms with Crippen molar-refractivity contribution in [1.82, 2.24) is 9.97 Å². The van der Waals surface area contributed by atoms with Gasteiger partial charge in [0, 0.05) is 30.4 Å². The predicted octanol–water partition coefficient (Wildman–Crippen LogP) is 2.91. The zero-order valence-electron chi connectivity index (χ0n) is 13.3. The van der Waals surface area contributed by atoms with E-state index in [1.165, 1.54) is 12.1 Å². The van der Waals surface area contributed by atoms with Crippen LogP contribution in [0.1, 0.15) is 37.2 Å². The number of anilines is 3. The van der Waals surface area contributed by atoms with Crippen LogP contribution in [0.5, 0.6) is 0 Å². The van der Waals surface area contributed by atoms with Crippen LogP contribution in [0.25, 0.3) is 0 Å². The van der Waals surface area contributed by atoms with Gasteiger partial charge in [-0.15, -0.1) is 0 Å². The van der Waals surface area contributed by atoms with Crippen LogP contribution in [0.4, 0.5) is 21.8 Å². The molecule has 0 unspecified atom stereocenters. The van der Waals surface area contributed by atoms with Gasteiger partial charge in [0.1, 0.15) is 11.6 Å². The highest BCUT2D eigenvalue weighted by molar-refractivity contribution is 5.73. The van der Waals surface area contributed by atoms with Crippen molar-refractivity contribution in [2.45, 2.75) is 31.6 Å². The molecule has 1 aromatic heterocycles. The number of benzene rings is 1. The van der Waals surface area contributed by atoms with E-state index in [0.29, 0.717) is 36.9 Å². The molecule has 0 bridgehead atoms. The van der Waals surface area contributed by atoms with Gasteiger partial charge in [0.25, 0.3) is 0 Å². The quantitative estimate of drug-likeness (QED) is 0.648. The van der Waals surface area contributed by atoms with Crippen molar-refractivity contribution in [2.24, 2.45) is 5.73 Å². The largest absolute Gasteiger partial charge is 0.370 e. The average molecular weight is 329 g/mol. The summed E-state index contributed by atoms with van der Waals surface area (Å²) < 4.78 is 13.3. The number of amides is 1. The number of halogens is 1. The highest BCUT2D eigenvalue weighted by atomic mass is 19.1. The minimum absolute atomic E-state index is 0.310. The zero-order chi connectivity index (χ0) is 16.9. The molecule has 1 aliphatic rings. The smallest absolute Gasteiger partial charge is 0.229 e. The Hall–Kier alpha value is -2.70. The fourth-order valence-electron chi connectivity index (χ4n) is 2.45. The molecule has 1 aromatic carbocycles. The number of aromatic nitrogens is 2. The van der Waals surface area contributed by atoms with E-state index in [0.717, 1.165) is 24.2 Å². The fraction of sp³-hybridized carbons (Fsp3) is 0.353. The Bertz CT molecular complexity index is 733. The minimum atomic E-state index is -0.320. The number of hydrogen-bond donors (Lipinski definition) is 3. The molecule has 1 amide bonds. The topological polar surface area (TPSA) is 92.9 Å². The van der Waals surface area contributed by atoms with Gasteiger partial charge < -0.3 is 16.4 Å². The molecule has 0 radical (unpaired) electrons. The molecule has 1 heterocycles. The Labute approximate surface area is 139 Å². The van der Waals surface area contributed by atoms with Crippen LogP contribution < -0.4 is 16.4 Å².